The molecule has 0 bridgehead atoms. The van der Waals surface area contributed by atoms with Crippen molar-refractivity contribution in [1.82, 2.24) is 0 Å². The van der Waals surface area contributed by atoms with Crippen LogP contribution in [0.5, 0.6) is 0 Å². The topological polar surface area (TPSA) is 12.4 Å². The van der Waals surface area contributed by atoms with Crippen LogP contribution in [0.15, 0.2) is 23.2 Å². The van der Waals surface area contributed by atoms with Crippen molar-refractivity contribution < 1.29 is 0 Å². The maximum absolute atomic E-state index is 4.71. The van der Waals surface area contributed by atoms with Crippen LogP contribution in [0, 0.1) is 12.3 Å². The van der Waals surface area contributed by atoms with Gasteiger partial charge in [0, 0.05) is 12.1 Å². The van der Waals surface area contributed by atoms with Crippen LogP contribution in [0.4, 0.5) is 5.69 Å². The van der Waals surface area contributed by atoms with Gasteiger partial charge in [-0.1, -0.05) is 32.9 Å². The first-order valence-corrected chi connectivity index (χ1v) is 5.60. The summed E-state index contributed by atoms with van der Waals surface area (Å²) >= 11 is 0. The number of aliphatic imine (C=N–C) groups is 1. The number of fused-ring (bicyclic) bond motifs is 1. The van der Waals surface area contributed by atoms with E-state index in [1.54, 1.807) is 0 Å². The van der Waals surface area contributed by atoms with Crippen LogP contribution in [0.1, 0.15) is 38.3 Å². The van der Waals surface area contributed by atoms with Gasteiger partial charge in [0.2, 0.25) is 0 Å². The Morgan fingerprint density at radius 3 is 2.67 bits per heavy atom. The molecule has 2 rings (SSSR count). The molecular weight excluding hydrogens is 182 g/mol. The van der Waals surface area contributed by atoms with Crippen LogP contribution in [0.3, 0.4) is 0 Å². The molecule has 0 N–H and O–H groups in total. The highest BCUT2D eigenvalue weighted by Gasteiger charge is 2.19. The van der Waals surface area contributed by atoms with Crippen molar-refractivity contribution in [2.24, 2.45) is 10.4 Å². The maximum atomic E-state index is 4.71. The Bertz CT molecular complexity index is 408. The Balaban J connectivity index is 2.20. The van der Waals surface area contributed by atoms with Gasteiger partial charge in [-0.2, -0.15) is 0 Å². The van der Waals surface area contributed by atoms with E-state index in [0.717, 1.165) is 12.8 Å². The lowest BCUT2D eigenvalue weighted by atomic mass is 9.88. The molecule has 1 heterocycles. The van der Waals surface area contributed by atoms with Gasteiger partial charge < -0.3 is 0 Å². The van der Waals surface area contributed by atoms with Crippen LogP contribution >= 0.6 is 0 Å². The monoisotopic (exact) mass is 201 g/mol. The fraction of sp³-hybridized carbons (Fsp3) is 0.500. The van der Waals surface area contributed by atoms with E-state index in [4.69, 9.17) is 4.99 Å². The Hall–Kier alpha value is -1.11. The largest absolute Gasteiger partial charge is 0.257 e. The summed E-state index contributed by atoms with van der Waals surface area (Å²) in [5.74, 6) is 0. The fourth-order valence-corrected chi connectivity index (χ4v) is 2.07. The van der Waals surface area contributed by atoms with Crippen molar-refractivity contribution in [3.05, 3.63) is 29.3 Å². The fourth-order valence-electron chi connectivity index (χ4n) is 2.07. The number of hydrogen-bond acceptors (Lipinski definition) is 1. The molecule has 1 aliphatic heterocycles. The Labute approximate surface area is 92.2 Å². The van der Waals surface area contributed by atoms with E-state index >= 15 is 0 Å². The predicted octanol–water partition coefficient (Wildman–Crippen LogP) is 4.06. The minimum Gasteiger partial charge on any atom is -0.257 e. The second-order valence-corrected chi connectivity index (χ2v) is 5.72. The van der Waals surface area contributed by atoms with E-state index in [0.29, 0.717) is 5.41 Å². The minimum absolute atomic E-state index is 0.343. The molecule has 0 fully saturated rings. The molecule has 15 heavy (non-hydrogen) atoms. The molecule has 0 unspecified atom stereocenters. The Kier molecular flexibility index (Phi) is 2.41. The summed E-state index contributed by atoms with van der Waals surface area (Å²) in [6.07, 6.45) is 2.15. The van der Waals surface area contributed by atoms with E-state index < -0.39 is 0 Å². The summed E-state index contributed by atoms with van der Waals surface area (Å²) in [5.41, 5.74) is 5.56. The third-order valence-corrected chi connectivity index (χ3v) is 2.65. The normalized spacial score (nSPS) is 15.1. The molecule has 1 aliphatic rings. The first-order valence-electron chi connectivity index (χ1n) is 5.60. The highest BCUT2D eigenvalue weighted by Crippen LogP contribution is 2.31. The smallest absolute Gasteiger partial charge is 0.0667 e. The van der Waals surface area contributed by atoms with Crippen molar-refractivity contribution in [3.8, 4) is 0 Å². The Morgan fingerprint density at radius 2 is 2.00 bits per heavy atom. The Morgan fingerprint density at radius 1 is 1.27 bits per heavy atom. The molecule has 0 radical (unpaired) electrons. The number of aryl methyl sites for hydroxylation is 1. The zero-order chi connectivity index (χ0) is 11.1. The first-order chi connectivity index (χ1) is 6.94. The lowest BCUT2D eigenvalue weighted by molar-refractivity contribution is 0.432. The second-order valence-electron chi connectivity index (χ2n) is 5.72. The molecule has 0 amide bonds. The van der Waals surface area contributed by atoms with Crippen LogP contribution in [-0.2, 0) is 6.42 Å². The van der Waals surface area contributed by atoms with Gasteiger partial charge in [0.25, 0.3) is 0 Å². The average Bonchev–Trinajstić information content (AvgIpc) is 2.42. The van der Waals surface area contributed by atoms with Crippen LogP contribution in [0.2, 0.25) is 0 Å². The van der Waals surface area contributed by atoms with E-state index in [1.807, 2.05) is 0 Å². The molecule has 1 aromatic carbocycles. The third-order valence-electron chi connectivity index (χ3n) is 2.65. The molecule has 0 saturated heterocycles. The molecule has 1 nitrogen and oxygen atoms in total. The number of hydrogen-bond donors (Lipinski definition) is 0. The SMILES string of the molecule is Cc1ccc2c(c1)N=C(CC(C)(C)C)C2. The van der Waals surface area contributed by atoms with E-state index in [2.05, 4.69) is 45.9 Å². The van der Waals surface area contributed by atoms with Gasteiger partial charge in [-0.05, 0) is 36.0 Å². The molecular formula is C14H19N. The van der Waals surface area contributed by atoms with E-state index in [-0.39, 0.29) is 0 Å². The van der Waals surface area contributed by atoms with Crippen molar-refractivity contribution in [1.29, 1.82) is 0 Å². The quantitative estimate of drug-likeness (QED) is 0.649. The van der Waals surface area contributed by atoms with Crippen molar-refractivity contribution in [3.63, 3.8) is 0 Å². The zero-order valence-electron chi connectivity index (χ0n) is 10.1. The average molecular weight is 201 g/mol. The van der Waals surface area contributed by atoms with Gasteiger partial charge in [0.05, 0.1) is 5.69 Å². The summed E-state index contributed by atoms with van der Waals surface area (Å²) in [7, 11) is 0. The van der Waals surface area contributed by atoms with E-state index in [9.17, 15) is 0 Å². The molecule has 0 saturated carbocycles. The van der Waals surface area contributed by atoms with Gasteiger partial charge in [-0.15, -0.1) is 0 Å². The predicted molar refractivity (Wildman–Crippen MR) is 66.1 cm³/mol. The summed E-state index contributed by atoms with van der Waals surface area (Å²) in [4.78, 5) is 4.71. The van der Waals surface area contributed by atoms with Crippen molar-refractivity contribution >= 4 is 11.4 Å². The van der Waals surface area contributed by atoms with Gasteiger partial charge >= 0.3 is 0 Å². The third kappa shape index (κ3) is 2.47. The molecule has 80 valence electrons. The minimum atomic E-state index is 0.343. The summed E-state index contributed by atoms with van der Waals surface area (Å²) in [5, 5.41) is 0. The first kappa shape index (κ1) is 10.4. The zero-order valence-corrected chi connectivity index (χ0v) is 10.1. The van der Waals surface area contributed by atoms with Crippen LogP contribution in [-0.4, -0.2) is 5.71 Å². The maximum Gasteiger partial charge on any atom is 0.0667 e. The molecule has 0 aliphatic carbocycles. The summed E-state index contributed by atoms with van der Waals surface area (Å²) < 4.78 is 0. The van der Waals surface area contributed by atoms with Gasteiger partial charge in [0.1, 0.15) is 0 Å². The molecule has 1 heteroatoms. The highest BCUT2D eigenvalue weighted by molar-refractivity contribution is 5.94. The molecule has 0 atom stereocenters. The standard InChI is InChI=1S/C14H19N/c1-10-5-6-11-8-12(9-14(2,3)4)15-13(11)7-10/h5-7H,8-9H2,1-4H3. The summed E-state index contributed by atoms with van der Waals surface area (Å²) in [6, 6.07) is 6.57. The number of nitrogens with zero attached hydrogens (tertiary/aromatic N) is 1. The number of benzene rings is 1. The van der Waals surface area contributed by atoms with Crippen molar-refractivity contribution in [2.75, 3.05) is 0 Å². The summed E-state index contributed by atoms with van der Waals surface area (Å²) in [6.45, 7) is 8.93. The number of rotatable bonds is 1. The lowest BCUT2D eigenvalue weighted by Crippen LogP contribution is -2.12. The second kappa shape index (κ2) is 3.48. The highest BCUT2D eigenvalue weighted by atomic mass is 14.8. The van der Waals surface area contributed by atoms with Crippen molar-refractivity contribution in [2.45, 2.75) is 40.5 Å². The van der Waals surface area contributed by atoms with Crippen LogP contribution in [0.25, 0.3) is 0 Å². The molecule has 0 spiro atoms. The van der Waals surface area contributed by atoms with Gasteiger partial charge in [-0.3, -0.25) is 4.99 Å². The molecule has 0 aromatic heterocycles. The molecule has 1 aromatic rings. The van der Waals surface area contributed by atoms with Crippen LogP contribution < -0.4 is 0 Å². The van der Waals surface area contributed by atoms with E-state index in [1.165, 1.54) is 22.5 Å². The lowest BCUT2D eigenvalue weighted by Gasteiger charge is -2.17. The van der Waals surface area contributed by atoms with Gasteiger partial charge in [-0.25, -0.2) is 0 Å². The van der Waals surface area contributed by atoms with Gasteiger partial charge in [0.15, 0.2) is 0 Å².